The highest BCUT2D eigenvalue weighted by Gasteiger charge is 2.53. The van der Waals surface area contributed by atoms with Gasteiger partial charge in [-0.2, -0.15) is 0 Å². The average Bonchev–Trinajstić information content (AvgIpc) is 2.72. The smallest absolute Gasteiger partial charge is 0.286 e. The van der Waals surface area contributed by atoms with E-state index in [9.17, 15) is 14.9 Å². The first-order valence-corrected chi connectivity index (χ1v) is 11.1. The number of ether oxygens (including phenoxy) is 3. The summed E-state index contributed by atoms with van der Waals surface area (Å²) in [6.45, 7) is 2.62. The van der Waals surface area contributed by atoms with Gasteiger partial charge in [0.05, 0.1) is 24.7 Å². The highest BCUT2D eigenvalue weighted by atomic mass is 16.6. The highest BCUT2D eigenvalue weighted by Crippen LogP contribution is 2.61. The standard InChI is InChI=1S/C23H32N2O6/c1-14(23-11-15-6-16(12-23)8-17(7-15)13-23)24-22(26)18-9-20(30-3)21(31-5-4-29-2)10-19(18)25(27)28/h9-10,14-17H,4-8,11-13H2,1-3H3,(H,24,26)/t14-,15?,16?,17?,23?/m1/s1. The molecule has 4 fully saturated rings. The Kier molecular flexibility index (Phi) is 6.10. The largest absolute Gasteiger partial charge is 0.493 e. The van der Waals surface area contributed by atoms with Crippen LogP contribution in [0.15, 0.2) is 12.1 Å². The molecule has 0 unspecified atom stereocenters. The molecule has 0 aliphatic heterocycles. The lowest BCUT2D eigenvalue weighted by molar-refractivity contribution is -0.385. The summed E-state index contributed by atoms with van der Waals surface area (Å²) < 4.78 is 15.8. The number of hydrogen-bond donors (Lipinski definition) is 1. The number of carbonyl (C=O) groups is 1. The first-order chi connectivity index (χ1) is 14.8. The zero-order chi connectivity index (χ0) is 22.2. The third-order valence-electron chi connectivity index (χ3n) is 7.62. The summed E-state index contributed by atoms with van der Waals surface area (Å²) in [5.74, 6) is 2.37. The molecule has 4 aliphatic rings. The second-order valence-corrected chi connectivity index (χ2v) is 9.59. The van der Waals surface area contributed by atoms with E-state index in [0.717, 1.165) is 37.0 Å². The van der Waals surface area contributed by atoms with Crippen molar-refractivity contribution in [3.63, 3.8) is 0 Å². The van der Waals surface area contributed by atoms with Crippen molar-refractivity contribution >= 4 is 11.6 Å². The lowest BCUT2D eigenvalue weighted by atomic mass is 9.48. The molecule has 0 saturated heterocycles. The molecule has 0 heterocycles. The fraction of sp³-hybridized carbons (Fsp3) is 0.696. The van der Waals surface area contributed by atoms with E-state index in [0.29, 0.717) is 6.61 Å². The Morgan fingerprint density at radius 1 is 1.13 bits per heavy atom. The van der Waals surface area contributed by atoms with Crippen LogP contribution in [-0.4, -0.2) is 44.3 Å². The Hall–Kier alpha value is -2.35. The summed E-state index contributed by atoms with van der Waals surface area (Å²) in [6, 6.07) is 2.64. The summed E-state index contributed by atoms with van der Waals surface area (Å²) >= 11 is 0. The topological polar surface area (TPSA) is 99.9 Å². The van der Waals surface area contributed by atoms with Gasteiger partial charge in [0.25, 0.3) is 11.6 Å². The molecule has 8 heteroatoms. The molecule has 1 atom stereocenters. The predicted molar refractivity (Wildman–Crippen MR) is 115 cm³/mol. The van der Waals surface area contributed by atoms with E-state index in [4.69, 9.17) is 14.2 Å². The fourth-order valence-corrected chi connectivity index (χ4v) is 6.52. The van der Waals surface area contributed by atoms with Crippen LogP contribution in [-0.2, 0) is 4.74 Å². The molecular weight excluding hydrogens is 400 g/mol. The van der Waals surface area contributed by atoms with Gasteiger partial charge in [-0.1, -0.05) is 0 Å². The van der Waals surface area contributed by atoms with Crippen molar-refractivity contribution in [1.29, 1.82) is 0 Å². The molecule has 0 spiro atoms. The average molecular weight is 433 g/mol. The minimum Gasteiger partial charge on any atom is -0.493 e. The molecule has 31 heavy (non-hydrogen) atoms. The maximum Gasteiger partial charge on any atom is 0.286 e. The molecule has 4 saturated carbocycles. The number of rotatable bonds is 9. The van der Waals surface area contributed by atoms with Gasteiger partial charge in [-0.05, 0) is 68.6 Å². The number of nitro groups is 1. The van der Waals surface area contributed by atoms with E-state index in [1.807, 2.05) is 0 Å². The molecular formula is C23H32N2O6. The number of carbonyl (C=O) groups excluding carboxylic acids is 1. The Labute approximate surface area is 182 Å². The molecule has 170 valence electrons. The monoisotopic (exact) mass is 432 g/mol. The summed E-state index contributed by atoms with van der Waals surface area (Å²) in [5.41, 5.74) is -0.173. The van der Waals surface area contributed by atoms with Gasteiger partial charge in [-0.25, -0.2) is 0 Å². The van der Waals surface area contributed by atoms with Crippen molar-refractivity contribution in [3.05, 3.63) is 27.8 Å². The molecule has 1 N–H and O–H groups in total. The first-order valence-electron chi connectivity index (χ1n) is 11.1. The molecule has 1 aromatic carbocycles. The van der Waals surface area contributed by atoms with Crippen LogP contribution in [0.1, 0.15) is 55.8 Å². The molecule has 1 amide bonds. The number of nitro benzene ring substituents is 1. The van der Waals surface area contributed by atoms with E-state index in [2.05, 4.69) is 12.2 Å². The maximum absolute atomic E-state index is 13.2. The second-order valence-electron chi connectivity index (χ2n) is 9.59. The second kappa shape index (κ2) is 8.65. The van der Waals surface area contributed by atoms with Crippen molar-refractivity contribution < 1.29 is 23.9 Å². The summed E-state index contributed by atoms with van der Waals surface area (Å²) in [6.07, 6.45) is 7.43. The third kappa shape index (κ3) is 4.22. The zero-order valence-corrected chi connectivity index (χ0v) is 18.5. The molecule has 4 bridgehead atoms. The molecule has 5 rings (SSSR count). The van der Waals surface area contributed by atoms with Crippen LogP contribution < -0.4 is 14.8 Å². The van der Waals surface area contributed by atoms with Gasteiger partial charge in [-0.3, -0.25) is 14.9 Å². The van der Waals surface area contributed by atoms with Crippen molar-refractivity contribution in [2.24, 2.45) is 23.2 Å². The summed E-state index contributed by atoms with van der Waals surface area (Å²) in [7, 11) is 2.99. The first kappa shape index (κ1) is 21.9. The number of nitrogens with zero attached hydrogens (tertiary/aromatic N) is 1. The summed E-state index contributed by atoms with van der Waals surface area (Å²) in [5, 5.41) is 14.8. The lowest BCUT2D eigenvalue weighted by Gasteiger charge is -2.59. The summed E-state index contributed by atoms with van der Waals surface area (Å²) in [4.78, 5) is 24.4. The maximum atomic E-state index is 13.2. The van der Waals surface area contributed by atoms with Crippen molar-refractivity contribution in [2.45, 2.75) is 51.5 Å². The van der Waals surface area contributed by atoms with E-state index in [-0.39, 0.29) is 40.8 Å². The normalized spacial score (nSPS) is 29.5. The lowest BCUT2D eigenvalue weighted by Crippen LogP contribution is -2.55. The van der Waals surface area contributed by atoms with E-state index in [1.54, 1.807) is 7.11 Å². The van der Waals surface area contributed by atoms with Crippen LogP contribution >= 0.6 is 0 Å². The minimum atomic E-state index is -0.549. The van der Waals surface area contributed by atoms with Crippen molar-refractivity contribution in [2.75, 3.05) is 27.4 Å². The van der Waals surface area contributed by atoms with Crippen molar-refractivity contribution in [3.8, 4) is 11.5 Å². The fourth-order valence-electron chi connectivity index (χ4n) is 6.52. The Bertz CT molecular complexity index is 819. The van der Waals surface area contributed by atoms with Crippen LogP contribution in [0.5, 0.6) is 11.5 Å². The number of nitrogens with one attached hydrogen (secondary N) is 1. The molecule has 4 aliphatic carbocycles. The van der Waals surface area contributed by atoms with Crippen LogP contribution in [0.25, 0.3) is 0 Å². The van der Waals surface area contributed by atoms with Crippen LogP contribution in [0.3, 0.4) is 0 Å². The number of hydrogen-bond acceptors (Lipinski definition) is 6. The van der Waals surface area contributed by atoms with E-state index < -0.39 is 10.8 Å². The third-order valence-corrected chi connectivity index (χ3v) is 7.62. The SMILES string of the molecule is COCCOc1cc([N+](=O)[O-])c(C(=O)N[C@H](C)C23CC4CC(CC(C4)C2)C3)cc1OC. The number of methoxy groups -OCH3 is 2. The number of amides is 1. The van der Waals surface area contributed by atoms with E-state index >= 15 is 0 Å². The van der Waals surface area contributed by atoms with E-state index in [1.165, 1.54) is 38.5 Å². The van der Waals surface area contributed by atoms with Gasteiger partial charge < -0.3 is 19.5 Å². The predicted octanol–water partition coefficient (Wildman–Crippen LogP) is 3.96. The van der Waals surface area contributed by atoms with Crippen molar-refractivity contribution in [1.82, 2.24) is 5.32 Å². The molecule has 1 aromatic rings. The Morgan fingerprint density at radius 3 is 2.26 bits per heavy atom. The number of benzene rings is 1. The van der Waals surface area contributed by atoms with Gasteiger partial charge in [0, 0.05) is 19.2 Å². The van der Waals surface area contributed by atoms with Gasteiger partial charge >= 0.3 is 0 Å². The van der Waals surface area contributed by atoms with Crippen LogP contribution in [0.4, 0.5) is 5.69 Å². The minimum absolute atomic E-state index is 0.00230. The molecule has 0 aromatic heterocycles. The van der Waals surface area contributed by atoms with Crippen LogP contribution in [0, 0.1) is 33.3 Å². The van der Waals surface area contributed by atoms with Gasteiger partial charge in [0.15, 0.2) is 11.5 Å². The van der Waals surface area contributed by atoms with Crippen LogP contribution in [0.2, 0.25) is 0 Å². The van der Waals surface area contributed by atoms with Gasteiger partial charge in [0.2, 0.25) is 0 Å². The van der Waals surface area contributed by atoms with Gasteiger partial charge in [0.1, 0.15) is 12.2 Å². The molecule has 8 nitrogen and oxygen atoms in total. The Balaban J connectivity index is 1.55. The molecule has 0 radical (unpaired) electrons. The van der Waals surface area contributed by atoms with Gasteiger partial charge in [-0.15, -0.1) is 0 Å². The Morgan fingerprint density at radius 2 is 1.74 bits per heavy atom. The highest BCUT2D eigenvalue weighted by molar-refractivity contribution is 5.99. The quantitative estimate of drug-likeness (QED) is 0.360. The zero-order valence-electron chi connectivity index (χ0n) is 18.5.